The van der Waals surface area contributed by atoms with Crippen LogP contribution < -0.4 is 5.32 Å². The van der Waals surface area contributed by atoms with Gasteiger partial charge in [0.05, 0.1) is 0 Å². The highest BCUT2D eigenvalue weighted by atomic mass is 19.3. The minimum Gasteiger partial charge on any atom is -0.316 e. The van der Waals surface area contributed by atoms with Crippen LogP contribution in [0.5, 0.6) is 0 Å². The summed E-state index contributed by atoms with van der Waals surface area (Å²) in [5, 5.41) is 3.26. The van der Waals surface area contributed by atoms with Gasteiger partial charge >= 0.3 is 0 Å². The molecule has 1 rings (SSSR count). The molecular weight excluding hydrogens is 268 g/mol. The van der Waals surface area contributed by atoms with Crippen LogP contribution in [-0.4, -0.2) is 13.1 Å². The molecule has 0 saturated heterocycles. The number of rotatable bonds is 10. The number of hydrogen-bond donors (Lipinski definition) is 1. The molecule has 0 aliphatic rings. The molecule has 0 fully saturated rings. The molecule has 21 heavy (non-hydrogen) atoms. The second-order valence-corrected chi connectivity index (χ2v) is 5.58. The molecule has 1 aromatic carbocycles. The van der Waals surface area contributed by atoms with Gasteiger partial charge in [-0.3, -0.25) is 0 Å². The molecule has 0 radical (unpaired) electrons. The van der Waals surface area contributed by atoms with E-state index in [1.165, 1.54) is 5.56 Å². The summed E-state index contributed by atoms with van der Waals surface area (Å²) in [6.07, 6.45) is 2.83. The molecule has 1 nitrogen and oxygen atoms in total. The maximum absolute atomic E-state index is 13.1. The van der Waals surface area contributed by atoms with Crippen molar-refractivity contribution in [1.29, 1.82) is 0 Å². The standard InChI is InChI=1S/C18H27F2N/c1-3-4-13-21-14-15(2)17(18(19)20)12-8-11-16-9-6-5-7-10-16/h5-7,9-10,15,21H,3-4,8,11-14H2,1-2H3. The average Bonchev–Trinajstić information content (AvgIpc) is 2.48. The van der Waals surface area contributed by atoms with Crippen molar-refractivity contribution in [3.05, 3.63) is 47.5 Å². The van der Waals surface area contributed by atoms with Gasteiger partial charge in [-0.1, -0.05) is 50.6 Å². The third kappa shape index (κ3) is 7.37. The fourth-order valence-electron chi connectivity index (χ4n) is 2.40. The molecule has 1 aromatic rings. The van der Waals surface area contributed by atoms with Crippen LogP contribution >= 0.6 is 0 Å². The zero-order chi connectivity index (χ0) is 15.5. The fraction of sp³-hybridized carbons (Fsp3) is 0.556. The van der Waals surface area contributed by atoms with Gasteiger partial charge in [0.25, 0.3) is 6.08 Å². The van der Waals surface area contributed by atoms with E-state index >= 15 is 0 Å². The van der Waals surface area contributed by atoms with Crippen LogP contribution in [0.25, 0.3) is 0 Å². The molecule has 0 saturated carbocycles. The monoisotopic (exact) mass is 295 g/mol. The molecule has 118 valence electrons. The van der Waals surface area contributed by atoms with Crippen molar-refractivity contribution in [2.24, 2.45) is 5.92 Å². The lowest BCUT2D eigenvalue weighted by atomic mass is 9.95. The summed E-state index contributed by atoms with van der Waals surface area (Å²) < 4.78 is 26.2. The van der Waals surface area contributed by atoms with Gasteiger partial charge in [0.15, 0.2) is 0 Å². The van der Waals surface area contributed by atoms with Gasteiger partial charge in [0.2, 0.25) is 0 Å². The van der Waals surface area contributed by atoms with E-state index in [-0.39, 0.29) is 5.92 Å². The Kier molecular flexibility index (Phi) is 8.91. The summed E-state index contributed by atoms with van der Waals surface area (Å²) in [7, 11) is 0. The fourth-order valence-corrected chi connectivity index (χ4v) is 2.40. The van der Waals surface area contributed by atoms with E-state index in [2.05, 4.69) is 12.2 Å². The molecule has 0 spiro atoms. The number of aryl methyl sites for hydroxylation is 1. The molecule has 3 heteroatoms. The molecule has 1 atom stereocenters. The first-order valence-corrected chi connectivity index (χ1v) is 7.93. The molecule has 0 aliphatic carbocycles. The first-order valence-electron chi connectivity index (χ1n) is 7.93. The van der Waals surface area contributed by atoms with E-state index in [4.69, 9.17) is 0 Å². The summed E-state index contributed by atoms with van der Waals surface area (Å²) in [4.78, 5) is 0. The van der Waals surface area contributed by atoms with Crippen molar-refractivity contribution in [3.8, 4) is 0 Å². The number of unbranched alkanes of at least 4 members (excludes halogenated alkanes) is 1. The normalized spacial score (nSPS) is 12.2. The second-order valence-electron chi connectivity index (χ2n) is 5.58. The zero-order valence-electron chi connectivity index (χ0n) is 13.2. The Bertz CT molecular complexity index is 410. The topological polar surface area (TPSA) is 12.0 Å². The summed E-state index contributed by atoms with van der Waals surface area (Å²) in [6.45, 7) is 5.56. The molecule has 0 bridgehead atoms. The predicted octanol–water partition coefficient (Wildman–Crippen LogP) is 5.19. The van der Waals surface area contributed by atoms with Crippen LogP contribution in [0.3, 0.4) is 0 Å². The maximum atomic E-state index is 13.1. The average molecular weight is 295 g/mol. The van der Waals surface area contributed by atoms with Crippen LogP contribution in [0.15, 0.2) is 42.0 Å². The first-order chi connectivity index (χ1) is 10.1. The van der Waals surface area contributed by atoms with Gasteiger partial charge in [0.1, 0.15) is 0 Å². The van der Waals surface area contributed by atoms with E-state index in [0.29, 0.717) is 18.5 Å². The Balaban J connectivity index is 2.38. The SMILES string of the molecule is CCCCNCC(C)C(CCCc1ccccc1)=C(F)F. The van der Waals surface area contributed by atoms with Crippen LogP contribution in [0, 0.1) is 5.92 Å². The molecule has 0 amide bonds. The number of hydrogen-bond acceptors (Lipinski definition) is 1. The van der Waals surface area contributed by atoms with Gasteiger partial charge in [-0.25, -0.2) is 0 Å². The Labute approximate surface area is 127 Å². The largest absolute Gasteiger partial charge is 0.316 e. The first kappa shape index (κ1) is 17.8. The minimum atomic E-state index is -1.49. The molecular formula is C18H27F2N. The molecule has 0 aliphatic heterocycles. The number of benzene rings is 1. The van der Waals surface area contributed by atoms with E-state index < -0.39 is 6.08 Å². The molecule has 1 unspecified atom stereocenters. The predicted molar refractivity (Wildman–Crippen MR) is 85.6 cm³/mol. The van der Waals surface area contributed by atoms with Crippen molar-refractivity contribution in [2.45, 2.75) is 46.0 Å². The summed E-state index contributed by atoms with van der Waals surface area (Å²) in [5.41, 5.74) is 1.53. The lowest BCUT2D eigenvalue weighted by Gasteiger charge is -2.16. The van der Waals surface area contributed by atoms with Crippen LogP contribution in [-0.2, 0) is 6.42 Å². The van der Waals surface area contributed by atoms with E-state index in [0.717, 1.165) is 32.2 Å². The van der Waals surface area contributed by atoms with Crippen LogP contribution in [0.1, 0.15) is 45.1 Å². The van der Waals surface area contributed by atoms with E-state index in [1.54, 1.807) is 0 Å². The van der Waals surface area contributed by atoms with E-state index in [1.807, 2.05) is 37.3 Å². The van der Waals surface area contributed by atoms with Gasteiger partial charge < -0.3 is 5.32 Å². The summed E-state index contributed by atoms with van der Waals surface area (Å²) >= 11 is 0. The van der Waals surface area contributed by atoms with Gasteiger partial charge in [-0.2, -0.15) is 8.78 Å². The van der Waals surface area contributed by atoms with Crippen molar-refractivity contribution in [1.82, 2.24) is 5.32 Å². The maximum Gasteiger partial charge on any atom is 0.269 e. The highest BCUT2D eigenvalue weighted by Crippen LogP contribution is 2.23. The number of nitrogens with one attached hydrogen (secondary N) is 1. The summed E-state index contributed by atoms with van der Waals surface area (Å²) in [5.74, 6) is -0.0948. The van der Waals surface area contributed by atoms with Crippen molar-refractivity contribution >= 4 is 0 Å². The van der Waals surface area contributed by atoms with E-state index in [9.17, 15) is 8.78 Å². The Hall–Kier alpha value is -1.22. The van der Waals surface area contributed by atoms with Gasteiger partial charge in [0, 0.05) is 6.54 Å². The lowest BCUT2D eigenvalue weighted by Crippen LogP contribution is -2.23. The van der Waals surface area contributed by atoms with Crippen molar-refractivity contribution in [3.63, 3.8) is 0 Å². The Morgan fingerprint density at radius 1 is 1.14 bits per heavy atom. The van der Waals surface area contributed by atoms with Crippen LogP contribution in [0.2, 0.25) is 0 Å². The lowest BCUT2D eigenvalue weighted by molar-refractivity contribution is 0.385. The summed E-state index contributed by atoms with van der Waals surface area (Å²) in [6, 6.07) is 10.0. The van der Waals surface area contributed by atoms with Gasteiger partial charge in [-0.15, -0.1) is 0 Å². The van der Waals surface area contributed by atoms with Gasteiger partial charge in [-0.05, 0) is 49.3 Å². The highest BCUT2D eigenvalue weighted by Gasteiger charge is 2.14. The Morgan fingerprint density at radius 2 is 1.86 bits per heavy atom. The molecule has 0 heterocycles. The third-order valence-electron chi connectivity index (χ3n) is 3.75. The molecule has 1 N–H and O–H groups in total. The van der Waals surface area contributed by atoms with Crippen molar-refractivity contribution in [2.75, 3.05) is 13.1 Å². The second kappa shape index (κ2) is 10.5. The van der Waals surface area contributed by atoms with Crippen LogP contribution in [0.4, 0.5) is 8.78 Å². The molecule has 0 aromatic heterocycles. The smallest absolute Gasteiger partial charge is 0.269 e. The Morgan fingerprint density at radius 3 is 2.48 bits per heavy atom. The van der Waals surface area contributed by atoms with Crippen molar-refractivity contribution < 1.29 is 8.78 Å². The third-order valence-corrected chi connectivity index (χ3v) is 3.75. The highest BCUT2D eigenvalue weighted by molar-refractivity contribution is 5.15. The quantitative estimate of drug-likeness (QED) is 0.586. The minimum absolute atomic E-state index is 0.0948. The number of halogens is 2. The zero-order valence-corrected chi connectivity index (χ0v) is 13.2.